The molecule has 92 valence electrons. The van der Waals surface area contributed by atoms with E-state index < -0.39 is 0 Å². The lowest BCUT2D eigenvalue weighted by Gasteiger charge is -2.13. The first-order valence-electron chi connectivity index (χ1n) is 6.82. The highest BCUT2D eigenvalue weighted by atomic mass is 14.9. The Kier molecular flexibility index (Phi) is 2.93. The third-order valence-electron chi connectivity index (χ3n) is 4.55. The Bertz CT molecular complexity index is 402. The van der Waals surface area contributed by atoms with Gasteiger partial charge >= 0.3 is 0 Å². The molecule has 0 saturated heterocycles. The Morgan fingerprint density at radius 1 is 1.41 bits per heavy atom. The number of nitrogens with two attached hydrogens (primary N) is 1. The predicted molar refractivity (Wildman–Crippen MR) is 71.0 cm³/mol. The van der Waals surface area contributed by atoms with Gasteiger partial charge in [-0.3, -0.25) is 0 Å². The molecule has 17 heavy (non-hydrogen) atoms. The van der Waals surface area contributed by atoms with Crippen molar-refractivity contribution in [2.75, 3.05) is 13.1 Å². The monoisotopic (exact) mass is 230 g/mol. The van der Waals surface area contributed by atoms with Crippen LogP contribution in [-0.4, -0.2) is 19.1 Å². The van der Waals surface area contributed by atoms with Crippen molar-refractivity contribution in [3.8, 4) is 0 Å². The van der Waals surface area contributed by atoms with E-state index in [0.717, 1.165) is 30.8 Å². The van der Waals surface area contributed by atoms with Crippen LogP contribution in [0.25, 0.3) is 0 Å². The number of hydrogen-bond donors (Lipinski definition) is 2. The van der Waals surface area contributed by atoms with Crippen molar-refractivity contribution in [2.24, 2.45) is 17.6 Å². The molecular formula is C15H22N2. The van der Waals surface area contributed by atoms with Crippen molar-refractivity contribution in [2.45, 2.75) is 31.7 Å². The molecule has 1 fully saturated rings. The van der Waals surface area contributed by atoms with E-state index in [1.165, 1.54) is 12.8 Å². The maximum Gasteiger partial charge on any atom is 0.0162 e. The minimum Gasteiger partial charge on any atom is -0.329 e. The smallest absolute Gasteiger partial charge is 0.0162 e. The van der Waals surface area contributed by atoms with Gasteiger partial charge in [0.25, 0.3) is 0 Å². The molecule has 1 saturated carbocycles. The summed E-state index contributed by atoms with van der Waals surface area (Å²) in [5, 5.41) is 3.56. The van der Waals surface area contributed by atoms with Crippen molar-refractivity contribution in [3.63, 3.8) is 0 Å². The molecule has 3 rings (SSSR count). The van der Waals surface area contributed by atoms with Gasteiger partial charge in [-0.2, -0.15) is 0 Å². The van der Waals surface area contributed by atoms with Crippen LogP contribution in [0.3, 0.4) is 0 Å². The summed E-state index contributed by atoms with van der Waals surface area (Å²) in [4.78, 5) is 0. The van der Waals surface area contributed by atoms with Crippen molar-refractivity contribution >= 4 is 0 Å². The molecule has 0 aromatic heterocycles. The van der Waals surface area contributed by atoms with E-state index in [9.17, 15) is 0 Å². The van der Waals surface area contributed by atoms with Gasteiger partial charge in [0.1, 0.15) is 0 Å². The lowest BCUT2D eigenvalue weighted by molar-refractivity contribution is 0.512. The minimum absolute atomic E-state index is 0.452. The van der Waals surface area contributed by atoms with E-state index in [1.807, 2.05) is 0 Å². The molecule has 2 nitrogen and oxygen atoms in total. The zero-order valence-electron chi connectivity index (χ0n) is 10.5. The summed E-state index contributed by atoms with van der Waals surface area (Å²) in [6.45, 7) is 4.04. The average molecular weight is 230 g/mol. The fourth-order valence-corrected chi connectivity index (χ4v) is 3.41. The lowest BCUT2D eigenvalue weighted by Crippen LogP contribution is -2.34. The molecule has 0 heterocycles. The van der Waals surface area contributed by atoms with Crippen molar-refractivity contribution in [1.29, 1.82) is 0 Å². The lowest BCUT2D eigenvalue weighted by atomic mass is 9.92. The van der Waals surface area contributed by atoms with Crippen molar-refractivity contribution < 1.29 is 0 Å². The van der Waals surface area contributed by atoms with Crippen molar-refractivity contribution in [1.82, 2.24) is 5.32 Å². The second-order valence-electron chi connectivity index (χ2n) is 5.64. The summed E-state index contributed by atoms with van der Waals surface area (Å²) >= 11 is 0. The van der Waals surface area contributed by atoms with Crippen LogP contribution in [0.5, 0.6) is 0 Å². The summed E-state index contributed by atoms with van der Waals surface area (Å²) in [6.07, 6.45) is 2.66. The highest BCUT2D eigenvalue weighted by molar-refractivity contribution is 5.39. The molecule has 3 N–H and O–H groups in total. The Morgan fingerprint density at radius 2 is 2.24 bits per heavy atom. The third kappa shape index (κ3) is 2.00. The van der Waals surface area contributed by atoms with E-state index >= 15 is 0 Å². The minimum atomic E-state index is 0.452. The van der Waals surface area contributed by atoms with E-state index in [4.69, 9.17) is 5.73 Å². The van der Waals surface area contributed by atoms with Gasteiger partial charge in [0.15, 0.2) is 0 Å². The van der Waals surface area contributed by atoms with E-state index in [0.29, 0.717) is 6.04 Å². The molecule has 0 radical (unpaired) electrons. The highest BCUT2D eigenvalue weighted by Crippen LogP contribution is 2.59. The molecule has 1 aromatic rings. The predicted octanol–water partition coefficient (Wildman–Crippen LogP) is 1.90. The standard InChI is InChI=1S/C15H22N2/c1-10(8-16)17-9-14-13-7-6-11-4-2-3-5-12(11)15(13)14/h2-5,10,13-15,17H,6-9,16H2,1H3. The summed E-state index contributed by atoms with van der Waals surface area (Å²) < 4.78 is 0. The van der Waals surface area contributed by atoms with E-state index in [-0.39, 0.29) is 0 Å². The zero-order chi connectivity index (χ0) is 11.8. The Morgan fingerprint density at radius 3 is 3.06 bits per heavy atom. The van der Waals surface area contributed by atoms with Crippen LogP contribution in [0.1, 0.15) is 30.4 Å². The van der Waals surface area contributed by atoms with Crippen molar-refractivity contribution in [3.05, 3.63) is 35.4 Å². The second-order valence-corrected chi connectivity index (χ2v) is 5.64. The first kappa shape index (κ1) is 11.2. The molecule has 0 amide bonds. The quantitative estimate of drug-likeness (QED) is 0.829. The average Bonchev–Trinajstić information content (AvgIpc) is 3.10. The normalized spacial score (nSPS) is 31.5. The molecule has 0 aliphatic heterocycles. The van der Waals surface area contributed by atoms with Gasteiger partial charge in [-0.05, 0) is 55.2 Å². The van der Waals surface area contributed by atoms with Crippen LogP contribution in [0.4, 0.5) is 0 Å². The largest absolute Gasteiger partial charge is 0.329 e. The number of fused-ring (bicyclic) bond motifs is 3. The van der Waals surface area contributed by atoms with Crippen LogP contribution in [0, 0.1) is 11.8 Å². The van der Waals surface area contributed by atoms with Crippen LogP contribution in [0.15, 0.2) is 24.3 Å². The van der Waals surface area contributed by atoms with Crippen LogP contribution >= 0.6 is 0 Å². The molecule has 2 aliphatic rings. The number of benzene rings is 1. The highest BCUT2D eigenvalue weighted by Gasteiger charge is 2.52. The summed E-state index contributed by atoms with van der Waals surface area (Å²) in [5.74, 6) is 2.62. The number of rotatable bonds is 4. The summed E-state index contributed by atoms with van der Waals surface area (Å²) in [7, 11) is 0. The fraction of sp³-hybridized carbons (Fsp3) is 0.600. The van der Waals surface area contributed by atoms with Gasteiger partial charge in [-0.25, -0.2) is 0 Å². The molecule has 0 bridgehead atoms. The molecule has 4 atom stereocenters. The SMILES string of the molecule is CC(CN)NCC1C2CCc3ccccc3C21. The molecular weight excluding hydrogens is 208 g/mol. The fourth-order valence-electron chi connectivity index (χ4n) is 3.41. The molecule has 1 aromatic carbocycles. The first-order valence-corrected chi connectivity index (χ1v) is 6.82. The van der Waals surface area contributed by atoms with Gasteiger partial charge in [0.2, 0.25) is 0 Å². The summed E-state index contributed by atoms with van der Waals surface area (Å²) in [6, 6.07) is 9.45. The molecule has 4 unspecified atom stereocenters. The Labute approximate surface area is 104 Å². The van der Waals surface area contributed by atoms with Crippen LogP contribution < -0.4 is 11.1 Å². The maximum absolute atomic E-state index is 5.64. The zero-order valence-corrected chi connectivity index (χ0v) is 10.5. The van der Waals surface area contributed by atoms with Gasteiger partial charge in [-0.1, -0.05) is 24.3 Å². The van der Waals surface area contributed by atoms with Gasteiger partial charge < -0.3 is 11.1 Å². The summed E-state index contributed by atoms with van der Waals surface area (Å²) in [5.41, 5.74) is 8.85. The molecule has 0 spiro atoms. The topological polar surface area (TPSA) is 38.0 Å². The van der Waals surface area contributed by atoms with E-state index in [1.54, 1.807) is 11.1 Å². The van der Waals surface area contributed by atoms with Gasteiger partial charge in [0.05, 0.1) is 0 Å². The molecule has 2 aliphatic carbocycles. The Balaban J connectivity index is 1.66. The number of hydrogen-bond acceptors (Lipinski definition) is 2. The second kappa shape index (κ2) is 4.43. The number of aryl methyl sites for hydroxylation is 1. The third-order valence-corrected chi connectivity index (χ3v) is 4.55. The Hall–Kier alpha value is -0.860. The van der Waals surface area contributed by atoms with Crippen LogP contribution in [0.2, 0.25) is 0 Å². The maximum atomic E-state index is 5.64. The van der Waals surface area contributed by atoms with Gasteiger partial charge in [0, 0.05) is 12.6 Å². The van der Waals surface area contributed by atoms with Gasteiger partial charge in [-0.15, -0.1) is 0 Å². The first-order chi connectivity index (χ1) is 8.31. The number of nitrogens with one attached hydrogen (secondary N) is 1. The molecule has 2 heteroatoms. The van der Waals surface area contributed by atoms with E-state index in [2.05, 4.69) is 36.5 Å². The van der Waals surface area contributed by atoms with Crippen LogP contribution in [-0.2, 0) is 6.42 Å².